The molecule has 37 heavy (non-hydrogen) atoms. The number of aliphatic hydroxyl groups is 1. The summed E-state index contributed by atoms with van der Waals surface area (Å²) in [6.45, 7) is 3.34. The molecule has 2 aliphatic heterocycles. The first-order chi connectivity index (χ1) is 17.9. The number of aromatic hydroxyl groups is 1. The molecular formula is C31H29N3O3. The summed E-state index contributed by atoms with van der Waals surface area (Å²) in [4.78, 5) is 5.79. The number of aryl methyl sites for hydroxylation is 1. The highest BCUT2D eigenvalue weighted by Crippen LogP contribution is 2.66. The van der Waals surface area contributed by atoms with Crippen molar-refractivity contribution in [1.29, 1.82) is 0 Å². The number of anilines is 1. The lowest BCUT2D eigenvalue weighted by atomic mass is 9.52. The number of rotatable bonds is 2. The van der Waals surface area contributed by atoms with Crippen molar-refractivity contribution in [3.8, 4) is 23.8 Å². The van der Waals surface area contributed by atoms with E-state index in [2.05, 4.69) is 27.9 Å². The van der Waals surface area contributed by atoms with E-state index in [0.29, 0.717) is 37.4 Å². The Bertz CT molecular complexity index is 1600. The number of aromatic nitrogens is 1. The molecule has 1 aromatic heterocycles. The molecule has 1 spiro atoms. The molecule has 1 fully saturated rings. The molecule has 3 aliphatic rings. The zero-order valence-corrected chi connectivity index (χ0v) is 20.7. The van der Waals surface area contributed by atoms with Gasteiger partial charge in [-0.05, 0) is 54.3 Å². The van der Waals surface area contributed by atoms with Gasteiger partial charge in [0.15, 0.2) is 17.6 Å². The standard InChI is InChI=1S/C31H29N3O3/c1-3-25-31(36)16-22-21-15-20(32)10-11-23(21)33-27(22)29-30(31,26-18(2)9-12-24(35)28(26)37-29)13-14-34(25)17-19-7-5-4-6-8-19/h1,4-12,15,25,29,33,35-36H,13-14,16-17,32H2,2H3/t25-,29+,30+,31-/m1/s1. The van der Waals surface area contributed by atoms with Gasteiger partial charge in [-0.15, -0.1) is 6.42 Å². The number of phenols is 1. The Hall–Kier alpha value is -3.92. The van der Waals surface area contributed by atoms with Crippen LogP contribution in [0.3, 0.4) is 0 Å². The monoisotopic (exact) mass is 491 g/mol. The summed E-state index contributed by atoms with van der Waals surface area (Å²) < 4.78 is 6.62. The van der Waals surface area contributed by atoms with Crippen LogP contribution >= 0.6 is 0 Å². The first kappa shape index (κ1) is 22.3. The van der Waals surface area contributed by atoms with Crippen molar-refractivity contribution in [2.45, 2.75) is 49.5 Å². The van der Waals surface area contributed by atoms with Crippen LogP contribution in [0.1, 0.15) is 40.5 Å². The van der Waals surface area contributed by atoms with Crippen molar-refractivity contribution >= 4 is 16.6 Å². The number of hydrogen-bond donors (Lipinski definition) is 4. The Morgan fingerprint density at radius 2 is 2.00 bits per heavy atom. The number of likely N-dealkylation sites (tertiary alicyclic amines) is 1. The number of ether oxygens (including phenoxy) is 1. The highest BCUT2D eigenvalue weighted by Gasteiger charge is 2.70. The van der Waals surface area contributed by atoms with Crippen molar-refractivity contribution in [2.75, 3.05) is 12.3 Å². The van der Waals surface area contributed by atoms with Crippen molar-refractivity contribution < 1.29 is 14.9 Å². The molecule has 1 aliphatic carbocycles. The number of nitrogens with zero attached hydrogens (tertiary/aromatic N) is 1. The van der Waals surface area contributed by atoms with Gasteiger partial charge in [0.25, 0.3) is 0 Å². The van der Waals surface area contributed by atoms with Gasteiger partial charge < -0.3 is 25.7 Å². The number of nitrogens with one attached hydrogen (secondary N) is 1. The molecule has 6 heteroatoms. The molecule has 186 valence electrons. The summed E-state index contributed by atoms with van der Waals surface area (Å²) >= 11 is 0. The van der Waals surface area contributed by atoms with E-state index in [0.717, 1.165) is 38.9 Å². The molecule has 3 heterocycles. The van der Waals surface area contributed by atoms with Gasteiger partial charge in [0.1, 0.15) is 11.6 Å². The minimum atomic E-state index is -1.35. The molecule has 4 atom stereocenters. The number of benzene rings is 3. The van der Waals surface area contributed by atoms with Crippen LogP contribution in [-0.2, 0) is 18.4 Å². The number of piperidine rings is 1. The SMILES string of the molecule is C#C[C@H]1N(Cc2ccccc2)CC[C@]23c4c(C)ccc(O)c4O[C@H]2c2[nH]c4ccc(N)cc4c2C[C@@]13O. The third-order valence-electron chi connectivity index (χ3n) is 8.92. The maximum absolute atomic E-state index is 13.0. The van der Waals surface area contributed by atoms with Gasteiger partial charge >= 0.3 is 0 Å². The topological polar surface area (TPSA) is 94.7 Å². The quantitative estimate of drug-likeness (QED) is 0.247. The fourth-order valence-corrected chi connectivity index (χ4v) is 7.37. The number of aromatic amines is 1. The smallest absolute Gasteiger partial charge is 0.166 e. The van der Waals surface area contributed by atoms with E-state index in [1.807, 2.05) is 49.4 Å². The van der Waals surface area contributed by atoms with Crippen LogP contribution in [0.25, 0.3) is 10.9 Å². The molecule has 4 aromatic rings. The maximum atomic E-state index is 13.0. The van der Waals surface area contributed by atoms with Crippen LogP contribution in [0.2, 0.25) is 0 Å². The highest BCUT2D eigenvalue weighted by molar-refractivity contribution is 5.88. The molecule has 1 saturated heterocycles. The minimum absolute atomic E-state index is 0.0811. The summed E-state index contributed by atoms with van der Waals surface area (Å²) in [5.74, 6) is 3.52. The third kappa shape index (κ3) is 2.79. The van der Waals surface area contributed by atoms with Gasteiger partial charge in [0, 0.05) is 41.7 Å². The van der Waals surface area contributed by atoms with Gasteiger partial charge in [-0.25, -0.2) is 0 Å². The Kier molecular flexibility index (Phi) is 4.55. The minimum Gasteiger partial charge on any atom is -0.504 e. The van der Waals surface area contributed by atoms with E-state index < -0.39 is 23.2 Å². The van der Waals surface area contributed by atoms with E-state index in [1.165, 1.54) is 0 Å². The van der Waals surface area contributed by atoms with Gasteiger partial charge in [-0.3, -0.25) is 4.90 Å². The molecule has 0 amide bonds. The second-order valence-corrected chi connectivity index (χ2v) is 10.8. The largest absolute Gasteiger partial charge is 0.504 e. The molecule has 0 saturated carbocycles. The lowest BCUT2D eigenvalue weighted by molar-refractivity contribution is -0.153. The first-order valence-corrected chi connectivity index (χ1v) is 12.7. The Morgan fingerprint density at radius 3 is 2.78 bits per heavy atom. The Balaban J connectivity index is 1.48. The van der Waals surface area contributed by atoms with Crippen molar-refractivity contribution in [3.05, 3.63) is 88.6 Å². The van der Waals surface area contributed by atoms with Crippen LogP contribution < -0.4 is 10.5 Å². The van der Waals surface area contributed by atoms with Gasteiger partial charge in [0.2, 0.25) is 0 Å². The van der Waals surface area contributed by atoms with Gasteiger partial charge in [0.05, 0.1) is 11.1 Å². The number of nitrogens with two attached hydrogens (primary N) is 1. The number of fused-ring (bicyclic) bond motifs is 5. The lowest BCUT2D eigenvalue weighted by Gasteiger charge is -2.59. The second-order valence-electron chi connectivity index (χ2n) is 10.8. The number of H-pyrrole nitrogens is 1. The summed E-state index contributed by atoms with van der Waals surface area (Å²) in [5.41, 5.74) is 10.5. The molecule has 0 unspecified atom stereocenters. The van der Waals surface area contributed by atoms with Crippen molar-refractivity contribution in [1.82, 2.24) is 9.88 Å². The molecule has 6 nitrogen and oxygen atoms in total. The first-order valence-electron chi connectivity index (χ1n) is 12.7. The lowest BCUT2D eigenvalue weighted by Crippen LogP contribution is -2.71. The average molecular weight is 492 g/mol. The normalized spacial score (nSPS) is 28.0. The fraction of sp³-hybridized carbons (Fsp3) is 0.290. The van der Waals surface area contributed by atoms with E-state index in [-0.39, 0.29) is 5.75 Å². The zero-order chi connectivity index (χ0) is 25.5. The predicted octanol–water partition coefficient (Wildman–Crippen LogP) is 4.33. The van der Waals surface area contributed by atoms with E-state index in [9.17, 15) is 10.2 Å². The number of nitrogen functional groups attached to an aromatic ring is 1. The molecule has 0 radical (unpaired) electrons. The van der Waals surface area contributed by atoms with Crippen molar-refractivity contribution in [3.63, 3.8) is 0 Å². The van der Waals surface area contributed by atoms with Gasteiger partial charge in [-0.1, -0.05) is 42.3 Å². The van der Waals surface area contributed by atoms with Crippen LogP contribution in [0, 0.1) is 19.3 Å². The zero-order valence-electron chi connectivity index (χ0n) is 20.7. The van der Waals surface area contributed by atoms with Crippen LogP contribution in [-0.4, -0.2) is 38.3 Å². The Labute approximate surface area is 215 Å². The second kappa shape index (κ2) is 7.55. The summed E-state index contributed by atoms with van der Waals surface area (Å²) in [6.07, 6.45) is 6.73. The molecule has 0 bridgehead atoms. The van der Waals surface area contributed by atoms with Crippen molar-refractivity contribution in [2.24, 2.45) is 0 Å². The molecular weight excluding hydrogens is 462 g/mol. The third-order valence-corrected chi connectivity index (χ3v) is 8.92. The summed E-state index contributed by atoms with van der Waals surface area (Å²) in [5, 5.41) is 24.9. The Morgan fingerprint density at radius 1 is 1.19 bits per heavy atom. The number of terminal acetylenes is 1. The fourth-order valence-electron chi connectivity index (χ4n) is 7.37. The van der Waals surface area contributed by atoms with Crippen LogP contribution in [0.4, 0.5) is 5.69 Å². The van der Waals surface area contributed by atoms with Crippen LogP contribution in [0.5, 0.6) is 11.5 Å². The average Bonchev–Trinajstić information content (AvgIpc) is 3.43. The van der Waals surface area contributed by atoms with E-state index in [1.54, 1.807) is 6.07 Å². The maximum Gasteiger partial charge on any atom is 0.166 e. The molecule has 7 rings (SSSR count). The number of hydrogen-bond acceptors (Lipinski definition) is 5. The highest BCUT2D eigenvalue weighted by atomic mass is 16.5. The van der Waals surface area contributed by atoms with E-state index >= 15 is 0 Å². The molecule has 5 N–H and O–H groups in total. The summed E-state index contributed by atoms with van der Waals surface area (Å²) in [6, 6.07) is 19.0. The number of phenolic OH excluding ortho intramolecular Hbond substituents is 1. The van der Waals surface area contributed by atoms with E-state index in [4.69, 9.17) is 16.9 Å². The molecule has 3 aromatic carbocycles. The van der Waals surface area contributed by atoms with Gasteiger partial charge in [-0.2, -0.15) is 0 Å². The predicted molar refractivity (Wildman–Crippen MR) is 143 cm³/mol. The summed E-state index contributed by atoms with van der Waals surface area (Å²) in [7, 11) is 0. The van der Waals surface area contributed by atoms with Crippen LogP contribution in [0.15, 0.2) is 60.7 Å².